The van der Waals surface area contributed by atoms with E-state index in [0.29, 0.717) is 0 Å². The second-order valence-electron chi connectivity index (χ2n) is 3.87. The van der Waals surface area contributed by atoms with Crippen molar-refractivity contribution in [1.82, 2.24) is 14.9 Å². The summed E-state index contributed by atoms with van der Waals surface area (Å²) in [6.07, 6.45) is 3.86. The molecular weight excluding hydrogens is 314 g/mol. The average Bonchev–Trinajstić information content (AvgIpc) is 2.95. The van der Waals surface area contributed by atoms with E-state index in [1.165, 1.54) is 4.88 Å². The van der Waals surface area contributed by atoms with Crippen molar-refractivity contribution >= 4 is 27.3 Å². The molecule has 0 aliphatic heterocycles. The number of hydrogen-bond donors (Lipinski definition) is 1. The minimum Gasteiger partial charge on any atom is -0.383 e. The van der Waals surface area contributed by atoms with Gasteiger partial charge in [0.2, 0.25) is 0 Å². The molecule has 0 aliphatic rings. The third-order valence-corrected chi connectivity index (χ3v) is 4.20. The quantitative estimate of drug-likeness (QED) is 0.793. The van der Waals surface area contributed by atoms with E-state index in [1.807, 2.05) is 12.4 Å². The average molecular weight is 330 g/mol. The van der Waals surface area contributed by atoms with Gasteiger partial charge in [-0.1, -0.05) is 0 Å². The molecule has 2 heterocycles. The van der Waals surface area contributed by atoms with Crippen molar-refractivity contribution in [3.63, 3.8) is 0 Å². The monoisotopic (exact) mass is 329 g/mol. The van der Waals surface area contributed by atoms with Gasteiger partial charge in [0.1, 0.15) is 5.82 Å². The van der Waals surface area contributed by atoms with E-state index in [-0.39, 0.29) is 0 Å². The highest BCUT2D eigenvalue weighted by molar-refractivity contribution is 9.10. The van der Waals surface area contributed by atoms with Crippen molar-refractivity contribution in [1.29, 1.82) is 0 Å². The van der Waals surface area contributed by atoms with Crippen LogP contribution in [0.2, 0.25) is 0 Å². The Morgan fingerprint density at radius 3 is 3.17 bits per heavy atom. The van der Waals surface area contributed by atoms with Gasteiger partial charge in [0, 0.05) is 40.8 Å². The molecule has 2 rings (SSSR count). The molecular formula is C12H16BrN3OS. The molecule has 0 amide bonds. The second-order valence-corrected chi connectivity index (χ2v) is 5.78. The highest BCUT2D eigenvalue weighted by atomic mass is 79.9. The van der Waals surface area contributed by atoms with Crippen molar-refractivity contribution in [3.05, 3.63) is 39.0 Å². The number of halogens is 1. The van der Waals surface area contributed by atoms with Gasteiger partial charge in [0.05, 0.1) is 19.7 Å². The topological polar surface area (TPSA) is 39.1 Å². The van der Waals surface area contributed by atoms with Crippen molar-refractivity contribution in [2.75, 3.05) is 20.3 Å². The molecule has 0 unspecified atom stereocenters. The van der Waals surface area contributed by atoms with Crippen LogP contribution in [-0.4, -0.2) is 29.8 Å². The Balaban J connectivity index is 1.91. The van der Waals surface area contributed by atoms with E-state index in [2.05, 4.69) is 42.2 Å². The van der Waals surface area contributed by atoms with Gasteiger partial charge < -0.3 is 14.6 Å². The van der Waals surface area contributed by atoms with Crippen molar-refractivity contribution in [2.45, 2.75) is 13.1 Å². The second kappa shape index (κ2) is 7.04. The predicted octanol–water partition coefficient (Wildman–Crippen LogP) is 2.49. The smallest absolute Gasteiger partial charge is 0.122 e. The summed E-state index contributed by atoms with van der Waals surface area (Å²) in [4.78, 5) is 5.69. The van der Waals surface area contributed by atoms with Gasteiger partial charge in [-0.15, -0.1) is 11.3 Å². The lowest BCUT2D eigenvalue weighted by atomic mass is 10.4. The van der Waals surface area contributed by atoms with Crippen LogP contribution in [0.3, 0.4) is 0 Å². The molecule has 0 bridgehead atoms. The summed E-state index contributed by atoms with van der Waals surface area (Å²) in [5.74, 6) is 1.05. The number of nitrogens with one attached hydrogen (secondary N) is 1. The lowest BCUT2D eigenvalue weighted by molar-refractivity contribution is 0.199. The molecule has 0 atom stereocenters. The maximum atomic E-state index is 5.00. The van der Waals surface area contributed by atoms with Crippen LogP contribution in [0, 0.1) is 0 Å². The summed E-state index contributed by atoms with van der Waals surface area (Å²) in [5.41, 5.74) is 0. The van der Waals surface area contributed by atoms with E-state index in [1.54, 1.807) is 18.4 Å². The predicted molar refractivity (Wildman–Crippen MR) is 76.9 cm³/mol. The number of nitrogens with zero attached hydrogens (tertiary/aromatic N) is 2. The first-order valence-electron chi connectivity index (χ1n) is 5.72. The van der Waals surface area contributed by atoms with Gasteiger partial charge in [0.15, 0.2) is 0 Å². The zero-order chi connectivity index (χ0) is 12.8. The van der Waals surface area contributed by atoms with Crippen LogP contribution in [0.1, 0.15) is 10.7 Å². The minimum absolute atomic E-state index is 0.721. The zero-order valence-electron chi connectivity index (χ0n) is 10.2. The largest absolute Gasteiger partial charge is 0.383 e. The maximum absolute atomic E-state index is 5.00. The number of methoxy groups -OCH3 is 1. The normalized spacial score (nSPS) is 11.0. The number of thiophene rings is 1. The third kappa shape index (κ3) is 3.91. The van der Waals surface area contributed by atoms with E-state index in [0.717, 1.165) is 36.5 Å². The van der Waals surface area contributed by atoms with Crippen LogP contribution in [0.5, 0.6) is 0 Å². The van der Waals surface area contributed by atoms with E-state index < -0.39 is 0 Å². The molecule has 98 valence electrons. The van der Waals surface area contributed by atoms with Crippen LogP contribution < -0.4 is 5.32 Å². The first-order valence-corrected chi connectivity index (χ1v) is 7.39. The molecule has 0 aromatic carbocycles. The van der Waals surface area contributed by atoms with Gasteiger partial charge in [-0.05, 0) is 22.0 Å². The summed E-state index contributed by atoms with van der Waals surface area (Å²) in [6, 6.07) is 2.15. The fraction of sp³-hybridized carbons (Fsp3) is 0.417. The summed E-state index contributed by atoms with van der Waals surface area (Å²) in [7, 11) is 1.71. The summed E-state index contributed by atoms with van der Waals surface area (Å²) in [5, 5.41) is 5.41. The van der Waals surface area contributed by atoms with Crippen molar-refractivity contribution < 1.29 is 4.74 Å². The molecule has 4 nitrogen and oxygen atoms in total. The molecule has 0 radical (unpaired) electrons. The Kier molecular flexibility index (Phi) is 5.37. The number of imidazole rings is 1. The lowest BCUT2D eigenvalue weighted by Crippen LogP contribution is -2.21. The SMILES string of the molecule is COCCNCc1nccn1Cc1cc(Br)cs1. The molecule has 0 fully saturated rings. The molecule has 18 heavy (non-hydrogen) atoms. The first-order chi connectivity index (χ1) is 8.79. The molecule has 0 saturated carbocycles. The number of aromatic nitrogens is 2. The fourth-order valence-electron chi connectivity index (χ4n) is 1.63. The van der Waals surface area contributed by atoms with Crippen molar-refractivity contribution in [2.24, 2.45) is 0 Å². The highest BCUT2D eigenvalue weighted by Gasteiger charge is 2.04. The lowest BCUT2D eigenvalue weighted by Gasteiger charge is -2.07. The van der Waals surface area contributed by atoms with Crippen LogP contribution in [0.25, 0.3) is 0 Å². The molecule has 0 saturated heterocycles. The third-order valence-electron chi connectivity index (χ3n) is 2.52. The molecule has 0 spiro atoms. The fourth-order valence-corrected chi connectivity index (χ4v) is 3.08. The Labute approximate surface area is 119 Å². The van der Waals surface area contributed by atoms with Gasteiger partial charge in [-0.25, -0.2) is 4.98 Å². The van der Waals surface area contributed by atoms with Crippen molar-refractivity contribution in [3.8, 4) is 0 Å². The molecule has 0 aliphatic carbocycles. The highest BCUT2D eigenvalue weighted by Crippen LogP contribution is 2.20. The summed E-state index contributed by atoms with van der Waals surface area (Å²) >= 11 is 5.23. The minimum atomic E-state index is 0.721. The summed E-state index contributed by atoms with van der Waals surface area (Å²) < 4.78 is 8.30. The molecule has 2 aromatic rings. The molecule has 1 N–H and O–H groups in total. The maximum Gasteiger partial charge on any atom is 0.122 e. The Hall–Kier alpha value is -0.690. The number of ether oxygens (including phenoxy) is 1. The Bertz CT molecular complexity index is 483. The first kappa shape index (κ1) is 13.7. The summed E-state index contributed by atoms with van der Waals surface area (Å²) in [6.45, 7) is 3.20. The standard InChI is InChI=1S/C12H16BrN3OS/c1-17-5-3-14-7-12-15-2-4-16(12)8-11-6-10(13)9-18-11/h2,4,6,9,14H,3,5,7-8H2,1H3. The van der Waals surface area contributed by atoms with E-state index >= 15 is 0 Å². The van der Waals surface area contributed by atoms with Gasteiger partial charge >= 0.3 is 0 Å². The van der Waals surface area contributed by atoms with Gasteiger partial charge in [0.25, 0.3) is 0 Å². The van der Waals surface area contributed by atoms with E-state index in [4.69, 9.17) is 4.74 Å². The van der Waals surface area contributed by atoms with Crippen LogP contribution in [0.15, 0.2) is 28.3 Å². The molecule has 2 aromatic heterocycles. The Morgan fingerprint density at radius 2 is 2.44 bits per heavy atom. The molecule has 6 heteroatoms. The number of rotatable bonds is 7. The van der Waals surface area contributed by atoms with Gasteiger partial charge in [-0.2, -0.15) is 0 Å². The van der Waals surface area contributed by atoms with Crippen LogP contribution in [-0.2, 0) is 17.8 Å². The van der Waals surface area contributed by atoms with E-state index in [9.17, 15) is 0 Å². The van der Waals surface area contributed by atoms with Crippen LogP contribution >= 0.6 is 27.3 Å². The van der Waals surface area contributed by atoms with Gasteiger partial charge in [-0.3, -0.25) is 0 Å². The Morgan fingerprint density at radius 1 is 1.56 bits per heavy atom. The number of hydrogen-bond acceptors (Lipinski definition) is 4. The zero-order valence-corrected chi connectivity index (χ0v) is 12.6. The van der Waals surface area contributed by atoms with Crippen LogP contribution in [0.4, 0.5) is 0 Å².